The normalized spacial score (nSPS) is 13.9. The number of alkyl halides is 2. The van der Waals surface area contributed by atoms with E-state index in [1.165, 1.54) is 18.3 Å². The lowest BCUT2D eigenvalue weighted by Crippen LogP contribution is -2.40. The van der Waals surface area contributed by atoms with Crippen molar-refractivity contribution in [3.8, 4) is 5.75 Å². The number of urea groups is 1. The molecule has 138 valence electrons. The Kier molecular flexibility index (Phi) is 5.45. The molecular weight excluding hydrogens is 346 g/mol. The maximum absolute atomic E-state index is 12.5. The Morgan fingerprint density at radius 2 is 2.00 bits per heavy atom. The number of ether oxygens (including phenoxy) is 1. The lowest BCUT2D eigenvalue weighted by atomic mass is 10.1. The highest BCUT2D eigenvalue weighted by Gasteiger charge is 2.18. The molecule has 1 aromatic carbocycles. The Hall–Kier alpha value is -2.97. The molecule has 0 unspecified atom stereocenters. The zero-order valence-corrected chi connectivity index (χ0v) is 13.9. The van der Waals surface area contributed by atoms with Gasteiger partial charge < -0.3 is 20.3 Å². The highest BCUT2D eigenvalue weighted by molar-refractivity contribution is 6.02. The SMILES string of the molecule is O=C(NCC(=O)N1CCCC1)Nc1ccc(OC(F)F)c2ncccc12. The van der Waals surface area contributed by atoms with Crippen LogP contribution in [0.4, 0.5) is 19.3 Å². The van der Waals surface area contributed by atoms with Gasteiger partial charge >= 0.3 is 12.6 Å². The number of likely N-dealkylation sites (tertiary alicyclic amines) is 1. The van der Waals surface area contributed by atoms with E-state index >= 15 is 0 Å². The molecule has 2 heterocycles. The second-order valence-electron chi connectivity index (χ2n) is 5.78. The molecular formula is C17H18F2N4O3. The predicted molar refractivity (Wildman–Crippen MR) is 91.2 cm³/mol. The number of anilines is 1. The van der Waals surface area contributed by atoms with Gasteiger partial charge in [0.25, 0.3) is 0 Å². The molecule has 0 aliphatic carbocycles. The molecule has 0 bridgehead atoms. The van der Waals surface area contributed by atoms with Crippen molar-refractivity contribution >= 4 is 28.5 Å². The number of nitrogens with zero attached hydrogens (tertiary/aromatic N) is 2. The lowest BCUT2D eigenvalue weighted by molar-refractivity contribution is -0.128. The van der Waals surface area contributed by atoms with Gasteiger partial charge in [-0.2, -0.15) is 8.78 Å². The Morgan fingerprint density at radius 3 is 2.73 bits per heavy atom. The van der Waals surface area contributed by atoms with Crippen molar-refractivity contribution in [2.24, 2.45) is 0 Å². The van der Waals surface area contributed by atoms with Gasteiger partial charge in [0.1, 0.15) is 5.52 Å². The van der Waals surface area contributed by atoms with Crippen LogP contribution in [0.2, 0.25) is 0 Å². The van der Waals surface area contributed by atoms with Gasteiger partial charge in [0.05, 0.1) is 12.2 Å². The number of pyridine rings is 1. The summed E-state index contributed by atoms with van der Waals surface area (Å²) in [6.45, 7) is -1.65. The molecule has 1 aliphatic rings. The van der Waals surface area contributed by atoms with Crippen LogP contribution in [0.1, 0.15) is 12.8 Å². The predicted octanol–water partition coefficient (Wildman–Crippen LogP) is 2.58. The molecule has 2 aromatic rings. The van der Waals surface area contributed by atoms with E-state index in [1.54, 1.807) is 17.0 Å². The number of halogens is 2. The van der Waals surface area contributed by atoms with Gasteiger partial charge in [0, 0.05) is 24.7 Å². The van der Waals surface area contributed by atoms with Gasteiger partial charge in [-0.15, -0.1) is 0 Å². The maximum Gasteiger partial charge on any atom is 0.387 e. The maximum atomic E-state index is 12.5. The summed E-state index contributed by atoms with van der Waals surface area (Å²) in [5, 5.41) is 5.56. The van der Waals surface area contributed by atoms with E-state index in [-0.39, 0.29) is 23.7 Å². The van der Waals surface area contributed by atoms with E-state index in [9.17, 15) is 18.4 Å². The Bertz CT molecular complexity index is 810. The van der Waals surface area contributed by atoms with Gasteiger partial charge in [-0.1, -0.05) is 0 Å². The molecule has 1 saturated heterocycles. The van der Waals surface area contributed by atoms with Crippen molar-refractivity contribution in [1.82, 2.24) is 15.2 Å². The van der Waals surface area contributed by atoms with E-state index in [0.29, 0.717) is 24.2 Å². The molecule has 26 heavy (non-hydrogen) atoms. The number of nitrogens with one attached hydrogen (secondary N) is 2. The quantitative estimate of drug-likeness (QED) is 0.854. The molecule has 0 spiro atoms. The third kappa shape index (κ3) is 4.16. The fourth-order valence-corrected chi connectivity index (χ4v) is 2.85. The van der Waals surface area contributed by atoms with Gasteiger partial charge in [0.2, 0.25) is 5.91 Å². The number of carbonyl (C=O) groups is 2. The monoisotopic (exact) mass is 364 g/mol. The minimum Gasteiger partial charge on any atom is -0.432 e. The Labute approximate surface area is 148 Å². The number of fused-ring (bicyclic) bond motifs is 1. The molecule has 2 N–H and O–H groups in total. The van der Waals surface area contributed by atoms with Crippen LogP contribution in [0.25, 0.3) is 10.9 Å². The third-order valence-corrected chi connectivity index (χ3v) is 4.06. The van der Waals surface area contributed by atoms with Crippen LogP contribution in [0, 0.1) is 0 Å². The lowest BCUT2D eigenvalue weighted by Gasteiger charge is -2.16. The Morgan fingerprint density at radius 1 is 1.23 bits per heavy atom. The first-order valence-electron chi connectivity index (χ1n) is 8.20. The molecule has 0 atom stereocenters. The van der Waals surface area contributed by atoms with E-state index < -0.39 is 12.6 Å². The smallest absolute Gasteiger partial charge is 0.387 e. The van der Waals surface area contributed by atoms with Crippen LogP contribution >= 0.6 is 0 Å². The summed E-state index contributed by atoms with van der Waals surface area (Å²) < 4.78 is 29.4. The minimum absolute atomic E-state index is 0.0780. The summed E-state index contributed by atoms with van der Waals surface area (Å²) >= 11 is 0. The zero-order chi connectivity index (χ0) is 18.5. The van der Waals surface area contributed by atoms with E-state index in [4.69, 9.17) is 0 Å². The summed E-state index contributed by atoms with van der Waals surface area (Å²) in [6, 6.07) is 5.45. The van der Waals surface area contributed by atoms with E-state index in [0.717, 1.165) is 12.8 Å². The average molecular weight is 364 g/mol. The van der Waals surface area contributed by atoms with Crippen molar-refractivity contribution in [2.45, 2.75) is 19.5 Å². The summed E-state index contributed by atoms with van der Waals surface area (Å²) in [5.74, 6) is -0.212. The first kappa shape index (κ1) is 17.8. The number of rotatable bonds is 5. The number of carbonyl (C=O) groups excluding carboxylic acids is 2. The van der Waals surface area contributed by atoms with Crippen LogP contribution in [0.15, 0.2) is 30.5 Å². The Balaban J connectivity index is 1.68. The van der Waals surface area contributed by atoms with E-state index in [2.05, 4.69) is 20.4 Å². The van der Waals surface area contributed by atoms with Crippen LogP contribution < -0.4 is 15.4 Å². The first-order valence-corrected chi connectivity index (χ1v) is 8.20. The fourth-order valence-electron chi connectivity index (χ4n) is 2.85. The topological polar surface area (TPSA) is 83.6 Å². The summed E-state index contributed by atoms with van der Waals surface area (Å²) in [4.78, 5) is 29.8. The fraction of sp³-hybridized carbons (Fsp3) is 0.353. The summed E-state index contributed by atoms with van der Waals surface area (Å²) in [5.41, 5.74) is 0.583. The van der Waals surface area contributed by atoms with Crippen LogP contribution in [0.3, 0.4) is 0 Å². The number of hydrogen-bond donors (Lipinski definition) is 2. The van der Waals surface area contributed by atoms with Crippen LogP contribution in [-0.4, -0.2) is 48.1 Å². The molecule has 1 fully saturated rings. The molecule has 1 aliphatic heterocycles. The molecule has 0 saturated carbocycles. The largest absolute Gasteiger partial charge is 0.432 e. The van der Waals surface area contributed by atoms with Crippen molar-refractivity contribution in [3.63, 3.8) is 0 Å². The van der Waals surface area contributed by atoms with Gasteiger partial charge in [-0.25, -0.2) is 4.79 Å². The molecule has 9 heteroatoms. The number of amides is 3. The first-order chi connectivity index (χ1) is 12.5. The molecule has 3 amide bonds. The molecule has 3 rings (SSSR count). The van der Waals surface area contributed by atoms with Crippen molar-refractivity contribution in [2.75, 3.05) is 25.0 Å². The van der Waals surface area contributed by atoms with Crippen molar-refractivity contribution in [3.05, 3.63) is 30.5 Å². The highest BCUT2D eigenvalue weighted by atomic mass is 19.3. The number of benzene rings is 1. The highest BCUT2D eigenvalue weighted by Crippen LogP contribution is 2.30. The summed E-state index contributed by atoms with van der Waals surface area (Å²) in [7, 11) is 0. The van der Waals surface area contributed by atoms with Gasteiger partial charge in [0.15, 0.2) is 5.75 Å². The van der Waals surface area contributed by atoms with E-state index in [1.807, 2.05) is 0 Å². The minimum atomic E-state index is -2.97. The summed E-state index contributed by atoms with van der Waals surface area (Å²) in [6.07, 6.45) is 3.40. The van der Waals surface area contributed by atoms with Crippen LogP contribution in [0.5, 0.6) is 5.75 Å². The molecule has 0 radical (unpaired) electrons. The molecule has 1 aromatic heterocycles. The standard InChI is InChI=1S/C17H18F2N4O3/c18-16(19)26-13-6-5-12(11-4-3-7-20-15(11)13)22-17(25)21-10-14(24)23-8-1-2-9-23/h3-7,16H,1-2,8-10H2,(H2,21,22,25). The van der Waals surface area contributed by atoms with Crippen molar-refractivity contribution < 1.29 is 23.1 Å². The molecule has 7 nitrogen and oxygen atoms in total. The number of aromatic nitrogens is 1. The van der Waals surface area contributed by atoms with Crippen LogP contribution in [-0.2, 0) is 4.79 Å². The second kappa shape index (κ2) is 7.94. The van der Waals surface area contributed by atoms with Gasteiger partial charge in [-0.05, 0) is 37.1 Å². The number of hydrogen-bond acceptors (Lipinski definition) is 4. The average Bonchev–Trinajstić information content (AvgIpc) is 3.16. The third-order valence-electron chi connectivity index (χ3n) is 4.06. The van der Waals surface area contributed by atoms with Crippen molar-refractivity contribution in [1.29, 1.82) is 0 Å². The zero-order valence-electron chi connectivity index (χ0n) is 13.9. The second-order valence-corrected chi connectivity index (χ2v) is 5.78. The van der Waals surface area contributed by atoms with Gasteiger partial charge in [-0.3, -0.25) is 9.78 Å².